The highest BCUT2D eigenvalue weighted by Crippen LogP contribution is 2.21. The second-order valence-corrected chi connectivity index (χ2v) is 50.4. The summed E-state index contributed by atoms with van der Waals surface area (Å²) in [5.74, 6) is 13.7. The summed E-state index contributed by atoms with van der Waals surface area (Å²) in [5, 5.41) is 74.7. The third kappa shape index (κ3) is 81.1. The lowest BCUT2D eigenvalue weighted by atomic mass is 10.0. The molecule has 0 unspecified atom stereocenters. The van der Waals surface area contributed by atoms with Crippen LogP contribution in [-0.4, -0.2) is 135 Å². The van der Waals surface area contributed by atoms with E-state index >= 15 is 0 Å². The molecule has 0 aromatic carbocycles. The predicted molar refractivity (Wildman–Crippen MR) is 624 cm³/mol. The summed E-state index contributed by atoms with van der Waals surface area (Å²) in [6.07, 6.45) is 67.1. The highest BCUT2D eigenvalue weighted by atomic mass is 15.5. The molecule has 0 aliphatic heterocycles. The molecule has 0 bridgehead atoms. The Hall–Kier alpha value is -7.74. The average Bonchev–Trinajstić information content (AvgIpc) is 1.77. The molecular formula is C121H233N27. The van der Waals surface area contributed by atoms with Gasteiger partial charge in [0.1, 0.15) is 0 Å². The van der Waals surface area contributed by atoms with Gasteiger partial charge in [0.05, 0.1) is 69.8 Å². The Morgan fingerprint density at radius 1 is 0.162 bits per heavy atom. The topological polar surface area (TPSA) is 276 Å². The van der Waals surface area contributed by atoms with E-state index in [2.05, 4.69) is 393 Å². The molecule has 27 heteroatoms. The van der Waals surface area contributed by atoms with Gasteiger partial charge in [-0.2, -0.15) is 0 Å². The van der Waals surface area contributed by atoms with E-state index in [9.17, 15) is 0 Å². The molecule has 0 radical (unpaired) electrons. The molecule has 9 heterocycles. The Balaban J connectivity index is 0.000000833. The molecule has 0 saturated carbocycles. The lowest BCUT2D eigenvalue weighted by Crippen LogP contribution is -2.07. The van der Waals surface area contributed by atoms with Crippen LogP contribution in [0.15, 0.2) is 55.8 Å². The van der Waals surface area contributed by atoms with Crippen molar-refractivity contribution in [1.82, 2.24) is 135 Å². The first-order valence-electron chi connectivity index (χ1n) is 60.2. The van der Waals surface area contributed by atoms with Crippen molar-refractivity contribution in [3.63, 3.8) is 0 Å². The summed E-state index contributed by atoms with van der Waals surface area (Å²) in [5.41, 5.74) is 10.7. The molecule has 0 aliphatic rings. The minimum atomic E-state index is 0.634. The zero-order valence-corrected chi connectivity index (χ0v) is 103. The molecule has 0 atom stereocenters. The van der Waals surface area contributed by atoms with E-state index < -0.39 is 0 Å². The summed E-state index contributed by atoms with van der Waals surface area (Å²) in [7, 11) is 0. The van der Waals surface area contributed by atoms with Gasteiger partial charge in [0.2, 0.25) is 0 Å². The van der Waals surface area contributed by atoms with Gasteiger partial charge in [0.15, 0.2) is 0 Å². The van der Waals surface area contributed by atoms with Crippen molar-refractivity contribution in [3.05, 3.63) is 107 Å². The van der Waals surface area contributed by atoms with Crippen LogP contribution in [0.5, 0.6) is 0 Å². The summed E-state index contributed by atoms with van der Waals surface area (Å²) < 4.78 is 18.1. The molecular weight excluding hydrogens is 1830 g/mol. The highest BCUT2D eigenvalue weighted by Gasteiger charge is 2.15. The molecule has 148 heavy (non-hydrogen) atoms. The molecule has 0 amide bonds. The van der Waals surface area contributed by atoms with Gasteiger partial charge >= 0.3 is 0 Å². The van der Waals surface area contributed by atoms with Crippen molar-refractivity contribution in [3.8, 4) is 0 Å². The number of hydrogen-bond donors (Lipinski definition) is 0. The standard InChI is InChI=1S/C15H29N3.3C14H27N3.4C13H25N3.C12H23N3/c1-13(2)8-5-6-11-18-15(12-16-17-18)10-7-9-14(3)4;1-12(2)7-5-6-10-17-11-14(15-16-17)9-8-13(3)4;1-12(2)7-5-6-10-17-14(11-15-16-17)9-8-13(3)4;1-12(2)8-6-5-7-9-17-11-14(15-16-17)10-13(3)4;1-11(2)6-5-9-16-10-13(14-15-16)8-7-12(3)4;1-11(2)6-5-9-16-13(10-14-15-16)8-7-12(3)4;1-11(2)6-5-7-13-10-16(15-14-13)9-8-12(3)4;1-11(2)7-5-6-8-13-10-16(15-14-13)9-12(3)4;1-10(2)6-5-7-12-9-15(14-13-12)8-11(3)4/h12-14H,5-11H2,1-4H3;3*11-13H,5-10H2,1-4H3;4*10-12H,5-9H2,1-4H3;9-11H,5-8H2,1-4H3. The summed E-state index contributed by atoms with van der Waals surface area (Å²) in [4.78, 5) is 0. The predicted octanol–water partition coefficient (Wildman–Crippen LogP) is 31.3. The first kappa shape index (κ1) is 138. The molecule has 0 fully saturated rings. The van der Waals surface area contributed by atoms with E-state index in [1.807, 2.05) is 46.7 Å². The molecule has 0 N–H and O–H groups in total. The van der Waals surface area contributed by atoms with Crippen LogP contribution in [0.2, 0.25) is 0 Å². The van der Waals surface area contributed by atoms with Gasteiger partial charge in [-0.25, -0.2) is 14.0 Å². The lowest BCUT2D eigenvalue weighted by Gasteiger charge is -2.08. The van der Waals surface area contributed by atoms with Crippen LogP contribution >= 0.6 is 0 Å². The molecule has 9 aromatic heterocycles. The lowest BCUT2D eigenvalue weighted by molar-refractivity contribution is 0.465. The molecule has 0 aliphatic carbocycles. The zero-order valence-electron chi connectivity index (χ0n) is 103. The molecule has 9 aromatic rings. The third-order valence-corrected chi connectivity index (χ3v) is 25.5. The number of nitrogens with zero attached hydrogens (tertiary/aromatic N) is 27. The second kappa shape index (κ2) is 85.7. The molecule has 9 rings (SSSR count). The minimum Gasteiger partial charge on any atom is -0.252 e. The van der Waals surface area contributed by atoms with Gasteiger partial charge in [0.25, 0.3) is 0 Å². The van der Waals surface area contributed by atoms with Crippen molar-refractivity contribution in [1.29, 1.82) is 0 Å². The SMILES string of the molecule is CC(C)CCCCCn1cc(CC(C)C)nn1.CC(C)CCCCc1cn(CC(C)C)nn1.CC(C)CCCCn1cc(CCC(C)C)nn1.CC(C)CCCCn1nncc1CCC(C)C.CC(C)CCCCn1nncc1CCCC(C)C.CC(C)CCCc1cn(CC(C)C)nn1.CC(C)CCCc1cn(CCC(C)C)nn1.CC(C)CCCn1cc(CCC(C)C)nn1.CC(C)CCCn1nncc1CCC(C)C. The maximum atomic E-state index is 4.21. The van der Waals surface area contributed by atoms with Crippen molar-refractivity contribution in [2.45, 2.75) is 565 Å². The maximum absolute atomic E-state index is 4.21. The van der Waals surface area contributed by atoms with Crippen LogP contribution < -0.4 is 0 Å². The van der Waals surface area contributed by atoms with Crippen molar-refractivity contribution in [2.75, 3.05) is 0 Å². The zero-order chi connectivity index (χ0) is 111. The van der Waals surface area contributed by atoms with Gasteiger partial charge in [-0.1, -0.05) is 386 Å². The van der Waals surface area contributed by atoms with E-state index in [1.54, 1.807) is 0 Å². The quantitative estimate of drug-likeness (QED) is 0.0320. The average molecular weight is 2070 g/mol. The summed E-state index contributed by atoms with van der Waals surface area (Å²) in [6.45, 7) is 90.2. The van der Waals surface area contributed by atoms with E-state index in [0.717, 1.165) is 240 Å². The Morgan fingerprint density at radius 2 is 0.385 bits per heavy atom. The van der Waals surface area contributed by atoms with Crippen LogP contribution in [0.25, 0.3) is 0 Å². The Bertz CT molecular complexity index is 4340. The molecule has 852 valence electrons. The maximum Gasteiger partial charge on any atom is 0.0829 e. The Labute approximate surface area is 908 Å². The fourth-order valence-corrected chi connectivity index (χ4v) is 16.3. The smallest absolute Gasteiger partial charge is 0.0829 e. The number of rotatable bonds is 67. The summed E-state index contributed by atoms with van der Waals surface area (Å²) >= 11 is 0. The van der Waals surface area contributed by atoms with Crippen LogP contribution in [0, 0.1) is 107 Å². The molecule has 0 saturated heterocycles. The van der Waals surface area contributed by atoms with Crippen molar-refractivity contribution < 1.29 is 0 Å². The van der Waals surface area contributed by atoms with Gasteiger partial charge in [-0.05, 0) is 273 Å². The van der Waals surface area contributed by atoms with E-state index in [4.69, 9.17) is 0 Å². The Kier molecular flexibility index (Phi) is 80.1. The number of hydrogen-bond acceptors (Lipinski definition) is 18. The van der Waals surface area contributed by atoms with Crippen LogP contribution in [0.1, 0.15) is 500 Å². The van der Waals surface area contributed by atoms with Crippen LogP contribution in [0.4, 0.5) is 0 Å². The number of aromatic nitrogens is 27. The van der Waals surface area contributed by atoms with E-state index in [0.29, 0.717) is 17.8 Å². The van der Waals surface area contributed by atoms with Gasteiger partial charge in [0, 0.05) is 96.1 Å². The van der Waals surface area contributed by atoms with Crippen molar-refractivity contribution in [2.24, 2.45) is 107 Å². The number of aryl methyl sites for hydroxylation is 15. The fourth-order valence-electron chi connectivity index (χ4n) is 16.3. The monoisotopic (exact) mass is 2060 g/mol. The van der Waals surface area contributed by atoms with E-state index in [-0.39, 0.29) is 0 Å². The van der Waals surface area contributed by atoms with Gasteiger partial charge in [-0.3, -0.25) is 28.1 Å². The molecule has 27 nitrogen and oxygen atoms in total. The second-order valence-electron chi connectivity index (χ2n) is 50.4. The first-order valence-corrected chi connectivity index (χ1v) is 60.2. The third-order valence-electron chi connectivity index (χ3n) is 25.5. The number of unbranched alkanes of at least 4 members (excludes halogenated alkanes) is 6. The normalized spacial score (nSPS) is 11.6. The van der Waals surface area contributed by atoms with Crippen LogP contribution in [-0.2, 0) is 117 Å². The van der Waals surface area contributed by atoms with Gasteiger partial charge in [-0.15, -0.1) is 45.9 Å². The first-order chi connectivity index (χ1) is 70.2. The molecule has 0 spiro atoms. The summed E-state index contributed by atoms with van der Waals surface area (Å²) in [6, 6.07) is 0. The van der Waals surface area contributed by atoms with Gasteiger partial charge < -0.3 is 0 Å². The van der Waals surface area contributed by atoms with Crippen LogP contribution in [0.3, 0.4) is 0 Å². The largest absolute Gasteiger partial charge is 0.252 e. The minimum absolute atomic E-state index is 0.634. The fraction of sp³-hybridized carbons (Fsp3) is 0.851. The van der Waals surface area contributed by atoms with E-state index in [1.165, 1.54) is 216 Å². The van der Waals surface area contributed by atoms with Crippen molar-refractivity contribution >= 4 is 0 Å². The highest BCUT2D eigenvalue weighted by molar-refractivity contribution is 5.00. The Morgan fingerprint density at radius 3 is 0.716 bits per heavy atom.